The van der Waals surface area contributed by atoms with Crippen molar-refractivity contribution in [1.29, 1.82) is 0 Å². The second kappa shape index (κ2) is 7.69. The summed E-state index contributed by atoms with van der Waals surface area (Å²) < 4.78 is 42.4. The molecule has 0 fully saturated rings. The average molecular weight is 290 g/mol. The lowest BCUT2D eigenvalue weighted by Gasteiger charge is -2.25. The molecule has 1 aromatic rings. The van der Waals surface area contributed by atoms with Gasteiger partial charge in [-0.25, -0.2) is 8.78 Å². The molecule has 0 saturated heterocycles. The van der Waals surface area contributed by atoms with Gasteiger partial charge in [0, 0.05) is 32.9 Å². The van der Waals surface area contributed by atoms with E-state index >= 15 is 0 Å². The Hall–Kier alpha value is -0.823. The van der Waals surface area contributed by atoms with Gasteiger partial charge in [-0.2, -0.15) is 0 Å². The molecule has 6 heteroatoms. The fourth-order valence-corrected chi connectivity index (χ4v) is 3.97. The molecular formula is C13H20F2O3Si. The van der Waals surface area contributed by atoms with Crippen LogP contribution in [0.25, 0.3) is 0 Å². The molecule has 3 nitrogen and oxygen atoms in total. The van der Waals surface area contributed by atoms with E-state index in [1.54, 1.807) is 14.2 Å². The van der Waals surface area contributed by atoms with Crippen LogP contribution in [0.3, 0.4) is 0 Å². The van der Waals surface area contributed by atoms with Gasteiger partial charge in [-0.05, 0) is 37.5 Å². The maximum atomic E-state index is 13.0. The molecule has 108 valence electrons. The minimum absolute atomic E-state index is 0.516. The largest absolute Gasteiger partial charge is 0.500 e. The van der Waals surface area contributed by atoms with Crippen LogP contribution in [0.1, 0.15) is 18.9 Å². The SMILES string of the molecule is CCO[Si](CCCc1cc(F)cc(F)c1)(OC)OC. The highest BCUT2D eigenvalue weighted by Gasteiger charge is 2.37. The molecule has 0 unspecified atom stereocenters. The van der Waals surface area contributed by atoms with Gasteiger partial charge < -0.3 is 13.3 Å². The summed E-state index contributed by atoms with van der Waals surface area (Å²) in [6.45, 7) is 2.39. The molecule has 0 bridgehead atoms. The predicted octanol–water partition coefficient (Wildman–Crippen LogP) is 3.17. The first-order valence-electron chi connectivity index (χ1n) is 6.24. The molecule has 0 spiro atoms. The van der Waals surface area contributed by atoms with Gasteiger partial charge in [0.05, 0.1) is 0 Å². The van der Waals surface area contributed by atoms with Crippen LogP contribution >= 0.6 is 0 Å². The van der Waals surface area contributed by atoms with E-state index in [0.717, 1.165) is 6.07 Å². The first kappa shape index (κ1) is 16.2. The van der Waals surface area contributed by atoms with Gasteiger partial charge in [0.25, 0.3) is 0 Å². The average Bonchev–Trinajstić information content (AvgIpc) is 2.36. The summed E-state index contributed by atoms with van der Waals surface area (Å²) in [5.41, 5.74) is 0.629. The van der Waals surface area contributed by atoms with Crippen molar-refractivity contribution in [2.24, 2.45) is 0 Å². The minimum atomic E-state index is -2.61. The Kier molecular flexibility index (Phi) is 6.57. The van der Waals surface area contributed by atoms with E-state index in [4.69, 9.17) is 13.3 Å². The summed E-state index contributed by atoms with van der Waals surface area (Å²) in [6.07, 6.45) is 1.25. The van der Waals surface area contributed by atoms with Gasteiger partial charge in [0.15, 0.2) is 0 Å². The van der Waals surface area contributed by atoms with Crippen molar-refractivity contribution in [3.05, 3.63) is 35.4 Å². The third-order valence-corrected chi connectivity index (χ3v) is 5.80. The molecule has 0 atom stereocenters. The Morgan fingerprint density at radius 1 is 1.05 bits per heavy atom. The summed E-state index contributed by atoms with van der Waals surface area (Å²) in [5, 5.41) is 0. The number of hydrogen-bond acceptors (Lipinski definition) is 3. The Bertz CT molecular complexity index is 377. The van der Waals surface area contributed by atoms with Gasteiger partial charge in [0.1, 0.15) is 11.6 Å². The van der Waals surface area contributed by atoms with Crippen LogP contribution in [0.5, 0.6) is 0 Å². The predicted molar refractivity (Wildman–Crippen MR) is 70.9 cm³/mol. The number of aryl methyl sites for hydroxylation is 1. The number of benzene rings is 1. The maximum absolute atomic E-state index is 13.0. The van der Waals surface area contributed by atoms with Crippen molar-refractivity contribution in [1.82, 2.24) is 0 Å². The van der Waals surface area contributed by atoms with E-state index in [0.29, 0.717) is 31.1 Å². The Morgan fingerprint density at radius 3 is 2.11 bits per heavy atom. The molecule has 0 saturated carbocycles. The lowest BCUT2D eigenvalue weighted by molar-refractivity contribution is 0.103. The quantitative estimate of drug-likeness (QED) is 0.688. The van der Waals surface area contributed by atoms with Crippen LogP contribution < -0.4 is 0 Å². The van der Waals surface area contributed by atoms with Gasteiger partial charge in [0.2, 0.25) is 0 Å². The zero-order valence-corrected chi connectivity index (χ0v) is 12.5. The lowest BCUT2D eigenvalue weighted by Crippen LogP contribution is -2.43. The number of halogens is 2. The standard InChI is InChI=1S/C13H20F2O3Si/c1-4-18-19(16-2,17-3)7-5-6-11-8-12(14)10-13(15)9-11/h8-10H,4-7H2,1-3H3. The molecule has 0 aliphatic carbocycles. The molecule has 0 heterocycles. The highest BCUT2D eigenvalue weighted by atomic mass is 28.4. The van der Waals surface area contributed by atoms with Crippen LogP contribution in [0.2, 0.25) is 6.04 Å². The molecule has 0 aromatic heterocycles. The van der Waals surface area contributed by atoms with Gasteiger partial charge in [-0.15, -0.1) is 0 Å². The van der Waals surface area contributed by atoms with Gasteiger partial charge in [-0.3, -0.25) is 0 Å². The molecule has 19 heavy (non-hydrogen) atoms. The molecule has 0 aliphatic heterocycles. The van der Waals surface area contributed by atoms with Crippen LogP contribution in [0.15, 0.2) is 18.2 Å². The minimum Gasteiger partial charge on any atom is -0.377 e. The Balaban J connectivity index is 2.56. The van der Waals surface area contributed by atoms with Crippen molar-refractivity contribution in [3.8, 4) is 0 Å². The van der Waals surface area contributed by atoms with Gasteiger partial charge >= 0.3 is 8.80 Å². The molecular weight excluding hydrogens is 270 g/mol. The molecule has 1 rings (SSSR count). The lowest BCUT2D eigenvalue weighted by atomic mass is 10.1. The number of hydrogen-bond donors (Lipinski definition) is 0. The smallest absolute Gasteiger partial charge is 0.377 e. The fraction of sp³-hybridized carbons (Fsp3) is 0.538. The molecule has 0 amide bonds. The second-order valence-corrected chi connectivity index (χ2v) is 7.13. The monoisotopic (exact) mass is 290 g/mol. The van der Waals surface area contributed by atoms with Crippen LogP contribution in [0.4, 0.5) is 8.78 Å². The summed E-state index contributed by atoms with van der Waals surface area (Å²) in [5.74, 6) is -1.11. The molecule has 0 radical (unpaired) electrons. The highest BCUT2D eigenvalue weighted by molar-refractivity contribution is 6.60. The van der Waals surface area contributed by atoms with Crippen molar-refractivity contribution >= 4 is 8.80 Å². The van der Waals surface area contributed by atoms with Crippen LogP contribution in [0, 0.1) is 11.6 Å². The van der Waals surface area contributed by atoms with E-state index in [1.807, 2.05) is 6.92 Å². The van der Waals surface area contributed by atoms with Crippen molar-refractivity contribution in [2.75, 3.05) is 20.8 Å². The zero-order chi connectivity index (χ0) is 14.3. The summed E-state index contributed by atoms with van der Waals surface area (Å²) in [7, 11) is 0.513. The van der Waals surface area contributed by atoms with E-state index in [1.165, 1.54) is 12.1 Å². The second-order valence-electron chi connectivity index (χ2n) is 4.16. The summed E-state index contributed by atoms with van der Waals surface area (Å²) in [6, 6.07) is 4.16. The first-order valence-corrected chi connectivity index (χ1v) is 8.17. The summed E-state index contributed by atoms with van der Waals surface area (Å²) in [4.78, 5) is 0. The first-order chi connectivity index (χ1) is 9.05. The van der Waals surface area contributed by atoms with E-state index in [-0.39, 0.29) is 0 Å². The van der Waals surface area contributed by atoms with Crippen molar-refractivity contribution < 1.29 is 22.1 Å². The third kappa shape index (κ3) is 4.98. The van der Waals surface area contributed by atoms with Crippen LogP contribution in [-0.2, 0) is 19.7 Å². The fourth-order valence-electron chi connectivity index (χ4n) is 1.96. The molecule has 0 N–H and O–H groups in total. The third-order valence-electron chi connectivity index (χ3n) is 2.86. The van der Waals surface area contributed by atoms with Crippen LogP contribution in [-0.4, -0.2) is 29.6 Å². The molecule has 1 aromatic carbocycles. The topological polar surface area (TPSA) is 27.7 Å². The van der Waals surface area contributed by atoms with E-state index < -0.39 is 20.4 Å². The Labute approximate surface area is 113 Å². The van der Waals surface area contributed by atoms with E-state index in [9.17, 15) is 8.78 Å². The Morgan fingerprint density at radius 2 is 1.63 bits per heavy atom. The van der Waals surface area contributed by atoms with Crippen molar-refractivity contribution in [2.45, 2.75) is 25.8 Å². The number of rotatable bonds is 8. The van der Waals surface area contributed by atoms with E-state index in [2.05, 4.69) is 0 Å². The zero-order valence-electron chi connectivity index (χ0n) is 11.5. The normalized spacial score (nSPS) is 11.8. The highest BCUT2D eigenvalue weighted by Crippen LogP contribution is 2.19. The summed E-state index contributed by atoms with van der Waals surface area (Å²) >= 11 is 0. The van der Waals surface area contributed by atoms with Gasteiger partial charge in [-0.1, -0.05) is 0 Å². The van der Waals surface area contributed by atoms with Crippen molar-refractivity contribution in [3.63, 3.8) is 0 Å². The molecule has 0 aliphatic rings. The maximum Gasteiger partial charge on any atom is 0.500 e.